The first-order valence-electron chi connectivity index (χ1n) is 6.77. The minimum Gasteiger partial charge on any atom is -0.489 e. The summed E-state index contributed by atoms with van der Waals surface area (Å²) < 4.78 is 5.99. The van der Waals surface area contributed by atoms with Crippen molar-refractivity contribution < 1.29 is 9.53 Å². The van der Waals surface area contributed by atoms with E-state index in [4.69, 9.17) is 27.9 Å². The molecule has 0 bridgehead atoms. The molecule has 2 aliphatic carbocycles. The van der Waals surface area contributed by atoms with Crippen LogP contribution in [0.1, 0.15) is 38.5 Å². The lowest BCUT2D eigenvalue weighted by Gasteiger charge is -2.49. The van der Waals surface area contributed by atoms with Gasteiger partial charge in [0.25, 0.3) is 0 Å². The van der Waals surface area contributed by atoms with E-state index < -0.39 is 0 Å². The summed E-state index contributed by atoms with van der Waals surface area (Å²) in [6.07, 6.45) is 5.97. The first-order chi connectivity index (χ1) is 9.12. The van der Waals surface area contributed by atoms with E-state index in [-0.39, 0.29) is 11.5 Å². The Labute approximate surface area is 123 Å². The van der Waals surface area contributed by atoms with Gasteiger partial charge in [-0.05, 0) is 25.0 Å². The van der Waals surface area contributed by atoms with E-state index >= 15 is 0 Å². The average Bonchev–Trinajstić information content (AvgIpc) is 2.43. The van der Waals surface area contributed by atoms with Crippen LogP contribution in [0.5, 0.6) is 5.75 Å². The summed E-state index contributed by atoms with van der Waals surface area (Å²) in [7, 11) is 0. The quantitative estimate of drug-likeness (QED) is 0.793. The maximum absolute atomic E-state index is 12.0. The highest BCUT2D eigenvalue weighted by molar-refractivity contribution is 6.42. The normalized spacial score (nSPS) is 25.2. The molecule has 3 rings (SSSR count). The molecule has 2 fully saturated rings. The number of ether oxygens (including phenoxy) is 1. The van der Waals surface area contributed by atoms with Crippen molar-refractivity contribution in [3.63, 3.8) is 0 Å². The van der Waals surface area contributed by atoms with Crippen molar-refractivity contribution in [1.29, 1.82) is 0 Å². The molecule has 0 aliphatic heterocycles. The first kappa shape index (κ1) is 13.3. The Morgan fingerprint density at radius 3 is 2.47 bits per heavy atom. The molecule has 0 aromatic heterocycles. The van der Waals surface area contributed by atoms with Gasteiger partial charge in [-0.3, -0.25) is 4.79 Å². The molecule has 2 nitrogen and oxygen atoms in total. The second-order valence-corrected chi connectivity index (χ2v) is 6.34. The van der Waals surface area contributed by atoms with E-state index in [0.29, 0.717) is 28.0 Å². The largest absolute Gasteiger partial charge is 0.489 e. The van der Waals surface area contributed by atoms with E-state index in [1.807, 2.05) is 6.07 Å². The molecule has 19 heavy (non-hydrogen) atoms. The monoisotopic (exact) mass is 298 g/mol. The van der Waals surface area contributed by atoms with Gasteiger partial charge in [0.2, 0.25) is 0 Å². The Balaban J connectivity index is 1.76. The predicted molar refractivity (Wildman–Crippen MR) is 76.0 cm³/mol. The van der Waals surface area contributed by atoms with Crippen LogP contribution in [0.15, 0.2) is 18.2 Å². The summed E-state index contributed by atoms with van der Waals surface area (Å²) in [5.41, 5.74) is -0.218. The van der Waals surface area contributed by atoms with E-state index in [1.165, 1.54) is 6.42 Å². The second kappa shape index (κ2) is 4.99. The minimum atomic E-state index is -0.218. The summed E-state index contributed by atoms with van der Waals surface area (Å²) in [6, 6.07) is 5.27. The van der Waals surface area contributed by atoms with E-state index in [9.17, 15) is 4.79 Å². The number of hydrogen-bond donors (Lipinski definition) is 0. The minimum absolute atomic E-state index is 0.0116. The van der Waals surface area contributed by atoms with Gasteiger partial charge < -0.3 is 4.74 Å². The van der Waals surface area contributed by atoms with Crippen LogP contribution in [0, 0.1) is 5.41 Å². The Morgan fingerprint density at radius 1 is 1.11 bits per heavy atom. The maximum atomic E-state index is 12.0. The lowest BCUT2D eigenvalue weighted by molar-refractivity contribution is -0.156. The number of ketones is 1. The number of carbonyl (C=O) groups excluding carboxylic acids is 1. The number of halogens is 2. The van der Waals surface area contributed by atoms with Crippen LogP contribution in [0.25, 0.3) is 0 Å². The molecule has 2 aliphatic rings. The Bertz CT molecular complexity index is 507. The van der Waals surface area contributed by atoms with Crippen LogP contribution >= 0.6 is 23.2 Å². The van der Waals surface area contributed by atoms with Gasteiger partial charge in [0.1, 0.15) is 17.6 Å². The zero-order valence-corrected chi connectivity index (χ0v) is 12.1. The predicted octanol–water partition coefficient (Wildman–Crippen LogP) is 4.66. The fraction of sp³-hybridized carbons (Fsp3) is 0.533. The summed E-state index contributed by atoms with van der Waals surface area (Å²) in [6.45, 7) is 0. The lowest BCUT2D eigenvalue weighted by atomic mass is 9.57. The molecule has 1 spiro atoms. The Kier molecular flexibility index (Phi) is 3.48. The molecule has 2 saturated carbocycles. The Morgan fingerprint density at radius 2 is 1.84 bits per heavy atom. The molecule has 0 heterocycles. The van der Waals surface area contributed by atoms with Crippen molar-refractivity contribution in [3.8, 4) is 5.75 Å². The number of benzene rings is 1. The maximum Gasteiger partial charge on any atom is 0.146 e. The fourth-order valence-corrected chi connectivity index (χ4v) is 3.56. The number of carbonyl (C=O) groups is 1. The zero-order valence-electron chi connectivity index (χ0n) is 10.6. The van der Waals surface area contributed by atoms with Crippen molar-refractivity contribution in [3.05, 3.63) is 28.2 Å². The molecule has 0 radical (unpaired) electrons. The van der Waals surface area contributed by atoms with Gasteiger partial charge in [0, 0.05) is 12.5 Å². The van der Waals surface area contributed by atoms with E-state index in [1.54, 1.807) is 12.1 Å². The standard InChI is InChI=1S/C15H16Cl2O2/c16-11-5-4-10(8-12(11)17)19-14-9-13(18)15(14)6-2-1-3-7-15/h4-5,8,14H,1-3,6-7,9H2. The van der Waals surface area contributed by atoms with E-state index in [2.05, 4.69) is 0 Å². The van der Waals surface area contributed by atoms with Gasteiger partial charge in [0.15, 0.2) is 0 Å². The topological polar surface area (TPSA) is 26.3 Å². The first-order valence-corrected chi connectivity index (χ1v) is 7.52. The fourth-order valence-electron chi connectivity index (χ4n) is 3.27. The SMILES string of the molecule is O=C1CC(Oc2ccc(Cl)c(Cl)c2)C12CCCCC2. The number of rotatable bonds is 2. The van der Waals surface area contributed by atoms with E-state index in [0.717, 1.165) is 25.7 Å². The van der Waals surface area contributed by atoms with Crippen molar-refractivity contribution in [2.45, 2.75) is 44.6 Å². The van der Waals surface area contributed by atoms with Crippen LogP contribution in [-0.4, -0.2) is 11.9 Å². The number of Topliss-reactive ketones (excluding diaryl/α,β-unsaturated/α-hetero) is 1. The van der Waals surface area contributed by atoms with Gasteiger partial charge in [-0.1, -0.05) is 42.5 Å². The van der Waals surface area contributed by atoms with Gasteiger partial charge in [-0.15, -0.1) is 0 Å². The third-order valence-corrected chi connectivity index (χ3v) is 5.20. The van der Waals surface area contributed by atoms with Crippen LogP contribution in [0.4, 0.5) is 0 Å². The van der Waals surface area contributed by atoms with Gasteiger partial charge in [0.05, 0.1) is 15.5 Å². The average molecular weight is 299 g/mol. The zero-order chi connectivity index (χ0) is 13.5. The van der Waals surface area contributed by atoms with Crippen LogP contribution < -0.4 is 4.74 Å². The smallest absolute Gasteiger partial charge is 0.146 e. The molecular formula is C15H16Cl2O2. The summed E-state index contributed by atoms with van der Waals surface area (Å²) >= 11 is 11.9. The lowest BCUT2D eigenvalue weighted by Crippen LogP contribution is -2.57. The summed E-state index contributed by atoms with van der Waals surface area (Å²) in [5.74, 6) is 1.08. The van der Waals surface area contributed by atoms with Crippen molar-refractivity contribution in [1.82, 2.24) is 0 Å². The molecule has 102 valence electrons. The molecule has 0 amide bonds. The molecule has 0 N–H and O–H groups in total. The van der Waals surface area contributed by atoms with Gasteiger partial charge >= 0.3 is 0 Å². The van der Waals surface area contributed by atoms with Gasteiger partial charge in [-0.2, -0.15) is 0 Å². The number of hydrogen-bond acceptors (Lipinski definition) is 2. The molecule has 0 saturated heterocycles. The highest BCUT2D eigenvalue weighted by atomic mass is 35.5. The third kappa shape index (κ3) is 2.25. The molecule has 1 aromatic rings. The highest BCUT2D eigenvalue weighted by Crippen LogP contribution is 2.50. The summed E-state index contributed by atoms with van der Waals surface area (Å²) in [5, 5.41) is 1.01. The van der Waals surface area contributed by atoms with Crippen LogP contribution in [-0.2, 0) is 4.79 Å². The van der Waals surface area contributed by atoms with Crippen molar-refractivity contribution in [2.75, 3.05) is 0 Å². The Hall–Kier alpha value is -0.730. The summed E-state index contributed by atoms with van der Waals surface area (Å²) in [4.78, 5) is 12.0. The van der Waals surface area contributed by atoms with Gasteiger partial charge in [-0.25, -0.2) is 0 Å². The van der Waals surface area contributed by atoms with Crippen LogP contribution in [0.2, 0.25) is 10.0 Å². The third-order valence-electron chi connectivity index (χ3n) is 4.46. The highest BCUT2D eigenvalue weighted by Gasteiger charge is 2.56. The molecule has 1 unspecified atom stereocenters. The molecular weight excluding hydrogens is 283 g/mol. The van der Waals surface area contributed by atoms with Crippen LogP contribution in [0.3, 0.4) is 0 Å². The second-order valence-electron chi connectivity index (χ2n) is 5.53. The van der Waals surface area contributed by atoms with Crippen molar-refractivity contribution >= 4 is 29.0 Å². The molecule has 4 heteroatoms. The molecule has 1 aromatic carbocycles. The molecule has 1 atom stereocenters. The van der Waals surface area contributed by atoms with Crippen molar-refractivity contribution in [2.24, 2.45) is 5.41 Å².